The van der Waals surface area contributed by atoms with Crippen LogP contribution in [0.4, 0.5) is 0 Å². The van der Waals surface area contributed by atoms with Crippen molar-refractivity contribution in [3.8, 4) is 5.75 Å². The summed E-state index contributed by atoms with van der Waals surface area (Å²) in [7, 11) is 1.65. The van der Waals surface area contributed by atoms with Gasteiger partial charge in [0.25, 0.3) is 0 Å². The number of benzene rings is 1. The quantitative estimate of drug-likeness (QED) is 0.750. The summed E-state index contributed by atoms with van der Waals surface area (Å²) >= 11 is 6.09. The molecule has 2 nitrogen and oxygen atoms in total. The monoisotopic (exact) mass is 197 g/mol. The van der Waals surface area contributed by atoms with Crippen LogP contribution in [0, 0.1) is 0 Å². The molecule has 0 bridgehead atoms. The molecule has 2 rings (SSSR count). The largest absolute Gasteiger partial charge is 0.497 e. The molecule has 0 fully saturated rings. The summed E-state index contributed by atoms with van der Waals surface area (Å²) in [4.78, 5) is 0. The van der Waals surface area contributed by atoms with Gasteiger partial charge in [-0.3, -0.25) is 0 Å². The van der Waals surface area contributed by atoms with E-state index in [1.807, 2.05) is 12.1 Å². The number of fused-ring (bicyclic) bond motifs is 1. The van der Waals surface area contributed by atoms with Crippen LogP contribution in [0.2, 0.25) is 5.02 Å². The van der Waals surface area contributed by atoms with Crippen LogP contribution in [0.3, 0.4) is 0 Å². The lowest BCUT2D eigenvalue weighted by molar-refractivity contribution is 0.414. The topological polar surface area (TPSA) is 35.2 Å². The van der Waals surface area contributed by atoms with Crippen LogP contribution in [0.25, 0.3) is 0 Å². The molecule has 0 radical (unpaired) electrons. The van der Waals surface area contributed by atoms with Gasteiger partial charge >= 0.3 is 0 Å². The van der Waals surface area contributed by atoms with Gasteiger partial charge in [-0.15, -0.1) is 0 Å². The fourth-order valence-corrected chi connectivity index (χ4v) is 2.21. The van der Waals surface area contributed by atoms with Crippen molar-refractivity contribution in [2.24, 2.45) is 5.73 Å². The molecule has 2 N–H and O–H groups in total. The van der Waals surface area contributed by atoms with E-state index in [1.54, 1.807) is 7.11 Å². The minimum atomic E-state index is 0.105. The maximum atomic E-state index is 6.09. The highest BCUT2D eigenvalue weighted by atomic mass is 35.5. The third kappa shape index (κ3) is 1.40. The van der Waals surface area contributed by atoms with Crippen molar-refractivity contribution in [2.45, 2.75) is 18.9 Å². The zero-order chi connectivity index (χ0) is 9.42. The molecule has 1 aliphatic rings. The molecule has 1 atom stereocenters. The van der Waals surface area contributed by atoms with Crippen LogP contribution in [0.15, 0.2) is 12.1 Å². The molecule has 0 aromatic heterocycles. The number of rotatable bonds is 1. The molecule has 0 heterocycles. The van der Waals surface area contributed by atoms with Crippen LogP contribution in [0.1, 0.15) is 23.6 Å². The minimum absolute atomic E-state index is 0.105. The zero-order valence-corrected chi connectivity index (χ0v) is 8.27. The van der Waals surface area contributed by atoms with Crippen molar-refractivity contribution < 1.29 is 4.74 Å². The number of aryl methyl sites for hydroxylation is 1. The molecule has 1 aromatic carbocycles. The second-order valence-electron chi connectivity index (χ2n) is 3.33. The Morgan fingerprint density at radius 3 is 3.00 bits per heavy atom. The molecule has 0 aliphatic heterocycles. The molecular formula is C10H12ClNO. The normalized spacial score (nSPS) is 20.1. The number of hydrogen-bond donors (Lipinski definition) is 1. The Hall–Kier alpha value is -0.730. The van der Waals surface area contributed by atoms with E-state index in [9.17, 15) is 0 Å². The van der Waals surface area contributed by atoms with E-state index < -0.39 is 0 Å². The molecule has 1 aliphatic carbocycles. The zero-order valence-electron chi connectivity index (χ0n) is 7.51. The number of nitrogens with two attached hydrogens (primary N) is 1. The maximum Gasteiger partial charge on any atom is 0.120 e. The summed E-state index contributed by atoms with van der Waals surface area (Å²) < 4.78 is 5.13. The summed E-state index contributed by atoms with van der Waals surface area (Å²) in [6.45, 7) is 0. The van der Waals surface area contributed by atoms with Gasteiger partial charge in [0.15, 0.2) is 0 Å². The fraction of sp³-hybridized carbons (Fsp3) is 0.400. The minimum Gasteiger partial charge on any atom is -0.497 e. The molecular weight excluding hydrogens is 186 g/mol. The van der Waals surface area contributed by atoms with Crippen LogP contribution in [-0.2, 0) is 6.42 Å². The van der Waals surface area contributed by atoms with E-state index in [-0.39, 0.29) is 6.04 Å². The Morgan fingerprint density at radius 1 is 1.54 bits per heavy atom. The average molecular weight is 198 g/mol. The average Bonchev–Trinajstić information content (AvgIpc) is 2.48. The first kappa shape index (κ1) is 8.85. The van der Waals surface area contributed by atoms with E-state index >= 15 is 0 Å². The van der Waals surface area contributed by atoms with Crippen LogP contribution in [-0.4, -0.2) is 7.11 Å². The number of methoxy groups -OCH3 is 1. The summed E-state index contributed by atoms with van der Waals surface area (Å²) in [5.41, 5.74) is 8.25. The highest BCUT2D eigenvalue weighted by molar-refractivity contribution is 6.31. The van der Waals surface area contributed by atoms with Crippen molar-refractivity contribution in [3.63, 3.8) is 0 Å². The van der Waals surface area contributed by atoms with E-state index in [4.69, 9.17) is 22.1 Å². The van der Waals surface area contributed by atoms with Gasteiger partial charge in [-0.25, -0.2) is 0 Å². The van der Waals surface area contributed by atoms with Gasteiger partial charge in [0.1, 0.15) is 5.75 Å². The van der Waals surface area contributed by atoms with Crippen molar-refractivity contribution in [3.05, 3.63) is 28.3 Å². The predicted molar refractivity (Wildman–Crippen MR) is 53.3 cm³/mol. The van der Waals surface area contributed by atoms with Crippen LogP contribution < -0.4 is 10.5 Å². The fourth-order valence-electron chi connectivity index (χ4n) is 1.84. The van der Waals surface area contributed by atoms with Gasteiger partial charge in [0.2, 0.25) is 0 Å². The third-order valence-electron chi connectivity index (χ3n) is 2.52. The van der Waals surface area contributed by atoms with Crippen molar-refractivity contribution in [1.82, 2.24) is 0 Å². The van der Waals surface area contributed by atoms with Crippen LogP contribution in [0.5, 0.6) is 5.75 Å². The van der Waals surface area contributed by atoms with E-state index in [0.717, 1.165) is 29.2 Å². The molecule has 3 heteroatoms. The Labute approximate surface area is 82.6 Å². The van der Waals surface area contributed by atoms with E-state index in [0.29, 0.717) is 0 Å². The third-order valence-corrected chi connectivity index (χ3v) is 2.83. The van der Waals surface area contributed by atoms with Gasteiger partial charge in [-0.1, -0.05) is 11.6 Å². The molecule has 1 aromatic rings. The second kappa shape index (κ2) is 3.20. The van der Waals surface area contributed by atoms with Gasteiger partial charge in [0, 0.05) is 11.1 Å². The molecule has 13 heavy (non-hydrogen) atoms. The van der Waals surface area contributed by atoms with Gasteiger partial charge in [-0.05, 0) is 36.1 Å². The number of hydrogen-bond acceptors (Lipinski definition) is 2. The second-order valence-corrected chi connectivity index (χ2v) is 3.73. The van der Waals surface area contributed by atoms with Crippen molar-refractivity contribution in [2.75, 3.05) is 7.11 Å². The first-order valence-electron chi connectivity index (χ1n) is 4.34. The number of ether oxygens (including phenoxy) is 1. The maximum absolute atomic E-state index is 6.09. The Morgan fingerprint density at radius 2 is 2.31 bits per heavy atom. The molecule has 0 saturated heterocycles. The lowest BCUT2D eigenvalue weighted by Crippen LogP contribution is -2.05. The summed E-state index contributed by atoms with van der Waals surface area (Å²) in [6.07, 6.45) is 2.00. The van der Waals surface area contributed by atoms with Crippen molar-refractivity contribution in [1.29, 1.82) is 0 Å². The van der Waals surface area contributed by atoms with Crippen molar-refractivity contribution >= 4 is 11.6 Å². The smallest absolute Gasteiger partial charge is 0.120 e. The lowest BCUT2D eigenvalue weighted by Gasteiger charge is -2.09. The van der Waals surface area contributed by atoms with Gasteiger partial charge in [-0.2, -0.15) is 0 Å². The van der Waals surface area contributed by atoms with Gasteiger partial charge in [0.05, 0.1) is 7.11 Å². The predicted octanol–water partition coefficient (Wildman–Crippen LogP) is 2.29. The van der Waals surface area contributed by atoms with E-state index in [1.165, 1.54) is 5.56 Å². The first-order chi connectivity index (χ1) is 6.22. The highest BCUT2D eigenvalue weighted by Gasteiger charge is 2.22. The van der Waals surface area contributed by atoms with Gasteiger partial charge < -0.3 is 10.5 Å². The highest BCUT2D eigenvalue weighted by Crippen LogP contribution is 2.37. The van der Waals surface area contributed by atoms with Crippen LogP contribution >= 0.6 is 11.6 Å². The summed E-state index contributed by atoms with van der Waals surface area (Å²) in [5.74, 6) is 0.817. The Bertz CT molecular complexity index is 338. The standard InChI is InChI=1S/C10H12ClNO/c1-13-7-4-6-2-3-9(12)10(6)8(11)5-7/h4-5,9H,2-3,12H2,1H3/t9-/m1/s1. The molecule has 70 valence electrons. The molecule has 0 saturated carbocycles. The van der Waals surface area contributed by atoms with E-state index in [2.05, 4.69) is 0 Å². The summed E-state index contributed by atoms with van der Waals surface area (Å²) in [6, 6.07) is 3.95. The Kier molecular flexibility index (Phi) is 2.18. The number of halogens is 1. The lowest BCUT2D eigenvalue weighted by atomic mass is 10.1. The molecule has 0 spiro atoms. The molecule has 0 unspecified atom stereocenters. The Balaban J connectivity index is 2.53. The summed E-state index contributed by atoms with van der Waals surface area (Å²) in [5, 5.41) is 0.736. The SMILES string of the molecule is COc1cc(Cl)c2c(c1)CC[C@H]2N. The first-order valence-corrected chi connectivity index (χ1v) is 4.72. The molecule has 0 amide bonds.